The smallest absolute Gasteiger partial charge is 0.315 e. The van der Waals surface area contributed by atoms with Crippen LogP contribution in [0.15, 0.2) is 65.1 Å². The predicted molar refractivity (Wildman–Crippen MR) is 92.5 cm³/mol. The maximum atomic E-state index is 11.9. The zero-order valence-corrected chi connectivity index (χ0v) is 13.5. The first-order valence-corrected chi connectivity index (χ1v) is 7.82. The molecule has 0 fully saturated rings. The Morgan fingerprint density at radius 1 is 1.08 bits per heavy atom. The van der Waals surface area contributed by atoms with E-state index >= 15 is 0 Å². The first-order chi connectivity index (χ1) is 11.5. The van der Waals surface area contributed by atoms with E-state index in [4.69, 9.17) is 4.42 Å². The van der Waals surface area contributed by atoms with Gasteiger partial charge in [0.25, 0.3) is 0 Å². The number of hydrogen-bond acceptors (Lipinski definition) is 3. The topological polar surface area (TPSA) is 74.5 Å². The van der Waals surface area contributed by atoms with E-state index in [-0.39, 0.29) is 12.6 Å². The second-order valence-electron chi connectivity index (χ2n) is 5.94. The maximum Gasteiger partial charge on any atom is 0.315 e. The number of nitrogens with one attached hydrogen (secondary N) is 2. The molecule has 3 rings (SSSR count). The Bertz CT molecular complexity index is 792. The lowest BCUT2D eigenvalue weighted by Crippen LogP contribution is -2.43. The summed E-state index contributed by atoms with van der Waals surface area (Å²) >= 11 is 0. The summed E-state index contributed by atoms with van der Waals surface area (Å²) in [4.78, 5) is 11.9. The number of hydrogen-bond donors (Lipinski definition) is 3. The molecule has 0 aliphatic carbocycles. The summed E-state index contributed by atoms with van der Waals surface area (Å²) in [6.07, 6.45) is 0. The van der Waals surface area contributed by atoms with Crippen molar-refractivity contribution in [1.29, 1.82) is 0 Å². The van der Waals surface area contributed by atoms with Gasteiger partial charge in [-0.15, -0.1) is 0 Å². The van der Waals surface area contributed by atoms with E-state index in [9.17, 15) is 9.90 Å². The first-order valence-electron chi connectivity index (χ1n) is 7.82. The van der Waals surface area contributed by atoms with Gasteiger partial charge in [-0.1, -0.05) is 48.5 Å². The van der Waals surface area contributed by atoms with Crippen LogP contribution >= 0.6 is 0 Å². The van der Waals surface area contributed by atoms with Crippen LogP contribution in [0.3, 0.4) is 0 Å². The molecule has 5 heteroatoms. The summed E-state index contributed by atoms with van der Waals surface area (Å²) in [5.74, 6) is 0.423. The van der Waals surface area contributed by atoms with Gasteiger partial charge in [0, 0.05) is 11.9 Å². The Labute approximate surface area is 140 Å². The number of carbonyl (C=O) groups excluding carboxylic acids is 1. The number of aliphatic hydroxyl groups is 1. The molecule has 1 atom stereocenters. The highest BCUT2D eigenvalue weighted by atomic mass is 16.4. The molecular formula is C19H20N2O3. The van der Waals surface area contributed by atoms with Gasteiger partial charge >= 0.3 is 6.03 Å². The molecule has 2 aromatic carbocycles. The summed E-state index contributed by atoms with van der Waals surface area (Å²) < 4.78 is 5.67. The molecule has 3 N–H and O–H groups in total. The molecule has 0 aliphatic rings. The fraction of sp³-hybridized carbons (Fsp3) is 0.211. The van der Waals surface area contributed by atoms with E-state index in [1.54, 1.807) is 13.0 Å². The van der Waals surface area contributed by atoms with Crippen molar-refractivity contribution in [3.8, 4) is 0 Å². The predicted octanol–water partition coefficient (Wildman–Crippen LogP) is 3.14. The molecule has 3 aromatic rings. The van der Waals surface area contributed by atoms with E-state index in [1.807, 2.05) is 54.6 Å². The van der Waals surface area contributed by atoms with Crippen molar-refractivity contribution in [2.75, 3.05) is 6.54 Å². The standard InChI is InChI=1S/C19H20N2O3/c1-19(23,17-11-15-9-5-6-10-16(15)24-17)13-21-18(22)20-12-14-7-3-2-4-8-14/h2-11,23H,12-13H2,1H3,(H2,20,21,22). The van der Waals surface area contributed by atoms with Crippen LogP contribution in [0.2, 0.25) is 0 Å². The van der Waals surface area contributed by atoms with Crippen molar-refractivity contribution in [3.05, 3.63) is 72.0 Å². The molecular weight excluding hydrogens is 304 g/mol. The third-order valence-corrected chi connectivity index (χ3v) is 3.85. The number of carbonyl (C=O) groups is 1. The molecule has 0 radical (unpaired) electrons. The van der Waals surface area contributed by atoms with Gasteiger partial charge in [0.05, 0.1) is 6.54 Å². The quantitative estimate of drug-likeness (QED) is 0.675. The molecule has 2 amide bonds. The van der Waals surface area contributed by atoms with Gasteiger partial charge in [0.15, 0.2) is 0 Å². The fourth-order valence-corrected chi connectivity index (χ4v) is 2.43. The number of rotatable bonds is 5. The Morgan fingerprint density at radius 2 is 1.79 bits per heavy atom. The zero-order valence-electron chi connectivity index (χ0n) is 13.5. The highest BCUT2D eigenvalue weighted by molar-refractivity contribution is 5.78. The molecule has 24 heavy (non-hydrogen) atoms. The van der Waals surface area contributed by atoms with Crippen LogP contribution in [0.1, 0.15) is 18.2 Å². The molecule has 0 spiro atoms. The van der Waals surface area contributed by atoms with Crippen LogP contribution in [0, 0.1) is 0 Å². The largest absolute Gasteiger partial charge is 0.458 e. The zero-order chi connectivity index (χ0) is 17.0. The lowest BCUT2D eigenvalue weighted by atomic mass is 10.0. The van der Waals surface area contributed by atoms with E-state index < -0.39 is 5.60 Å². The summed E-state index contributed by atoms with van der Waals surface area (Å²) in [6.45, 7) is 2.09. The van der Waals surface area contributed by atoms with Gasteiger partial charge in [0.1, 0.15) is 16.9 Å². The van der Waals surface area contributed by atoms with Crippen LogP contribution in [-0.2, 0) is 12.1 Å². The van der Waals surface area contributed by atoms with E-state index in [0.717, 1.165) is 10.9 Å². The molecule has 1 heterocycles. The Kier molecular flexibility index (Phi) is 4.53. The van der Waals surface area contributed by atoms with E-state index in [2.05, 4.69) is 10.6 Å². The van der Waals surface area contributed by atoms with Gasteiger partial charge in [-0.2, -0.15) is 0 Å². The van der Waals surface area contributed by atoms with Crippen molar-refractivity contribution in [2.24, 2.45) is 0 Å². The maximum absolute atomic E-state index is 11.9. The summed E-state index contributed by atoms with van der Waals surface area (Å²) in [6, 6.07) is 18.6. The highest BCUT2D eigenvalue weighted by Crippen LogP contribution is 2.27. The van der Waals surface area contributed by atoms with Crippen LogP contribution in [0.4, 0.5) is 4.79 Å². The highest BCUT2D eigenvalue weighted by Gasteiger charge is 2.28. The molecule has 1 unspecified atom stereocenters. The number of urea groups is 1. The second-order valence-corrected chi connectivity index (χ2v) is 5.94. The van der Waals surface area contributed by atoms with Crippen molar-refractivity contribution >= 4 is 17.0 Å². The van der Waals surface area contributed by atoms with Gasteiger partial charge in [-0.3, -0.25) is 0 Å². The monoisotopic (exact) mass is 324 g/mol. The number of benzene rings is 2. The van der Waals surface area contributed by atoms with Crippen molar-refractivity contribution in [3.63, 3.8) is 0 Å². The average molecular weight is 324 g/mol. The SMILES string of the molecule is CC(O)(CNC(=O)NCc1ccccc1)c1cc2ccccc2o1. The van der Waals surface area contributed by atoms with Crippen LogP contribution in [0.5, 0.6) is 0 Å². The molecule has 0 saturated carbocycles. The van der Waals surface area contributed by atoms with Gasteiger partial charge in [-0.05, 0) is 24.6 Å². The van der Waals surface area contributed by atoms with E-state index in [1.165, 1.54) is 0 Å². The Morgan fingerprint density at radius 3 is 2.54 bits per heavy atom. The molecule has 0 bridgehead atoms. The van der Waals surface area contributed by atoms with Crippen LogP contribution in [-0.4, -0.2) is 17.7 Å². The third kappa shape index (κ3) is 3.75. The number of fused-ring (bicyclic) bond motifs is 1. The minimum absolute atomic E-state index is 0.0491. The summed E-state index contributed by atoms with van der Waals surface area (Å²) in [5, 5.41) is 16.9. The second kappa shape index (κ2) is 6.76. The first kappa shape index (κ1) is 16.1. The van der Waals surface area contributed by atoms with E-state index in [0.29, 0.717) is 17.9 Å². The Hall–Kier alpha value is -2.79. The van der Waals surface area contributed by atoms with Crippen LogP contribution < -0.4 is 10.6 Å². The minimum atomic E-state index is -1.29. The normalized spacial score (nSPS) is 13.4. The van der Waals surface area contributed by atoms with Crippen LogP contribution in [0.25, 0.3) is 11.0 Å². The molecule has 124 valence electrons. The van der Waals surface area contributed by atoms with Crippen molar-refractivity contribution < 1.29 is 14.3 Å². The molecule has 1 aromatic heterocycles. The summed E-state index contributed by atoms with van der Waals surface area (Å²) in [5.41, 5.74) is 0.432. The lowest BCUT2D eigenvalue weighted by molar-refractivity contribution is 0.0383. The fourth-order valence-electron chi connectivity index (χ4n) is 2.43. The van der Waals surface area contributed by atoms with Crippen molar-refractivity contribution in [2.45, 2.75) is 19.1 Å². The average Bonchev–Trinajstić information content (AvgIpc) is 3.04. The summed E-state index contributed by atoms with van der Waals surface area (Å²) in [7, 11) is 0. The number of furan rings is 1. The number of amides is 2. The molecule has 5 nitrogen and oxygen atoms in total. The van der Waals surface area contributed by atoms with Gasteiger partial charge < -0.3 is 20.2 Å². The lowest BCUT2D eigenvalue weighted by Gasteiger charge is -2.21. The third-order valence-electron chi connectivity index (χ3n) is 3.85. The Balaban J connectivity index is 1.57. The molecule has 0 aliphatic heterocycles. The number of para-hydroxylation sites is 1. The van der Waals surface area contributed by atoms with Gasteiger partial charge in [-0.25, -0.2) is 4.79 Å². The van der Waals surface area contributed by atoms with Gasteiger partial charge in [0.2, 0.25) is 0 Å². The minimum Gasteiger partial charge on any atom is -0.458 e. The van der Waals surface area contributed by atoms with Crippen molar-refractivity contribution in [1.82, 2.24) is 10.6 Å². The molecule has 0 saturated heterocycles.